The van der Waals surface area contributed by atoms with Gasteiger partial charge in [-0.05, 0) is 34.8 Å². The van der Waals surface area contributed by atoms with Gasteiger partial charge in [-0.15, -0.1) is 0 Å². The summed E-state index contributed by atoms with van der Waals surface area (Å²) in [6, 6.07) is 6.30. The average Bonchev–Trinajstić information content (AvgIpc) is 3.17. The molecule has 21 heavy (non-hydrogen) atoms. The number of nitrogens with one attached hydrogen (secondary N) is 1. The second-order valence-corrected chi connectivity index (χ2v) is 8.69. The van der Waals surface area contributed by atoms with Crippen molar-refractivity contribution in [2.75, 3.05) is 11.5 Å². The monoisotopic (exact) mass is 375 g/mol. The Hall–Kier alpha value is -0.630. The quantitative estimate of drug-likeness (QED) is 0.809. The number of rotatable bonds is 5. The number of halogens is 1. The molecule has 0 amide bonds. The van der Waals surface area contributed by atoms with Gasteiger partial charge >= 0.3 is 0 Å². The highest BCUT2D eigenvalue weighted by atomic mass is 79.9. The Morgan fingerprint density at radius 1 is 1.33 bits per heavy atom. The zero-order valence-corrected chi connectivity index (χ0v) is 13.9. The minimum absolute atomic E-state index is 0.134. The maximum atomic E-state index is 11.6. The van der Waals surface area contributed by atoms with Crippen molar-refractivity contribution in [2.24, 2.45) is 0 Å². The molecule has 2 fully saturated rings. The fourth-order valence-corrected chi connectivity index (χ4v) is 4.59. The molecule has 1 aliphatic heterocycles. The third-order valence-corrected chi connectivity index (χ3v) is 6.06. The molecule has 1 saturated carbocycles. The summed E-state index contributed by atoms with van der Waals surface area (Å²) < 4.78 is 29.7. The molecule has 1 aromatic carbocycles. The van der Waals surface area contributed by atoms with Crippen molar-refractivity contribution < 1.29 is 18.3 Å². The molecule has 7 heteroatoms. The molecule has 0 bridgehead atoms. The lowest BCUT2D eigenvalue weighted by molar-refractivity contribution is 0.0725. The normalized spacial score (nSPS) is 27.7. The minimum Gasteiger partial charge on any atom is -0.485 e. The molecule has 0 radical (unpaired) electrons. The van der Waals surface area contributed by atoms with E-state index in [1.165, 1.54) is 12.8 Å². The molecule has 5 nitrogen and oxygen atoms in total. The number of hydrogen-bond donors (Lipinski definition) is 2. The predicted octanol–water partition coefficient (Wildman–Crippen LogP) is 1.24. The third-order valence-electron chi connectivity index (χ3n) is 3.75. The second-order valence-electron chi connectivity index (χ2n) is 5.68. The number of benzene rings is 1. The van der Waals surface area contributed by atoms with Gasteiger partial charge in [0.25, 0.3) is 0 Å². The molecule has 116 valence electrons. The summed E-state index contributed by atoms with van der Waals surface area (Å²) in [5, 5.41) is 13.3. The first-order chi connectivity index (χ1) is 9.94. The first kappa shape index (κ1) is 15.3. The van der Waals surface area contributed by atoms with Crippen LogP contribution in [0.15, 0.2) is 22.7 Å². The molecule has 2 N–H and O–H groups in total. The van der Waals surface area contributed by atoms with E-state index < -0.39 is 22.0 Å². The molecular formula is C14H18BrNO4S. The third kappa shape index (κ3) is 3.77. The molecule has 2 atom stereocenters. The number of hydrogen-bond acceptors (Lipinski definition) is 5. The Kier molecular flexibility index (Phi) is 4.27. The molecule has 1 heterocycles. The van der Waals surface area contributed by atoms with Crippen LogP contribution in [0.3, 0.4) is 0 Å². The summed E-state index contributed by atoms with van der Waals surface area (Å²) in [5.74, 6) is 0.259. The topological polar surface area (TPSA) is 75.6 Å². The standard InChI is InChI=1S/C14H18BrNO4S/c15-11-3-1-2-9(6-16-10-4-5-10)14(11)20-13-8-21(18,19)7-12(13)17/h1-3,10,12-13,16-17H,4-8H2. The van der Waals surface area contributed by atoms with E-state index in [0.29, 0.717) is 18.3 Å². The van der Waals surface area contributed by atoms with Crippen LogP contribution in [0.2, 0.25) is 0 Å². The molecule has 1 saturated heterocycles. The lowest BCUT2D eigenvalue weighted by atomic mass is 10.2. The molecule has 2 unspecified atom stereocenters. The SMILES string of the molecule is O=S1(=O)CC(O)C(Oc2c(Br)cccc2CNC2CC2)C1. The van der Waals surface area contributed by atoms with Crippen LogP contribution in [-0.2, 0) is 16.4 Å². The Balaban J connectivity index is 1.77. The predicted molar refractivity (Wildman–Crippen MR) is 83.1 cm³/mol. The van der Waals surface area contributed by atoms with E-state index >= 15 is 0 Å². The molecule has 1 aromatic rings. The number of sulfone groups is 1. The summed E-state index contributed by atoms with van der Waals surface area (Å²) in [6.07, 6.45) is 0.729. The van der Waals surface area contributed by atoms with Crippen LogP contribution in [0.4, 0.5) is 0 Å². The van der Waals surface area contributed by atoms with E-state index in [0.717, 1.165) is 10.0 Å². The van der Waals surface area contributed by atoms with Crippen LogP contribution >= 0.6 is 15.9 Å². The lowest BCUT2D eigenvalue weighted by Gasteiger charge is -2.20. The molecule has 2 aliphatic rings. The van der Waals surface area contributed by atoms with Gasteiger partial charge < -0.3 is 15.2 Å². The Morgan fingerprint density at radius 3 is 2.71 bits per heavy atom. The Labute approximate surface area is 132 Å². The van der Waals surface area contributed by atoms with Gasteiger partial charge in [0.05, 0.1) is 16.0 Å². The first-order valence-corrected chi connectivity index (χ1v) is 9.62. The number of para-hydroxylation sites is 1. The minimum atomic E-state index is -3.21. The molecule has 0 spiro atoms. The maximum Gasteiger partial charge on any atom is 0.156 e. The smallest absolute Gasteiger partial charge is 0.156 e. The van der Waals surface area contributed by atoms with Crippen molar-refractivity contribution in [3.63, 3.8) is 0 Å². The van der Waals surface area contributed by atoms with E-state index in [2.05, 4.69) is 21.2 Å². The highest BCUT2D eigenvalue weighted by Crippen LogP contribution is 2.32. The summed E-state index contributed by atoms with van der Waals surface area (Å²) in [6.45, 7) is 0.676. The number of aliphatic hydroxyl groups is 1. The highest BCUT2D eigenvalue weighted by molar-refractivity contribution is 9.10. The zero-order chi connectivity index (χ0) is 15.0. The summed E-state index contributed by atoms with van der Waals surface area (Å²) >= 11 is 3.44. The fourth-order valence-electron chi connectivity index (χ4n) is 2.43. The molecule has 1 aliphatic carbocycles. The Morgan fingerprint density at radius 2 is 2.10 bits per heavy atom. The van der Waals surface area contributed by atoms with Crippen molar-refractivity contribution >= 4 is 25.8 Å². The Bertz CT molecular complexity index is 630. The van der Waals surface area contributed by atoms with E-state index in [9.17, 15) is 13.5 Å². The van der Waals surface area contributed by atoms with E-state index in [1.54, 1.807) is 0 Å². The molecule has 0 aromatic heterocycles. The highest BCUT2D eigenvalue weighted by Gasteiger charge is 2.38. The van der Waals surface area contributed by atoms with Gasteiger partial charge in [0.1, 0.15) is 18.0 Å². The summed E-state index contributed by atoms with van der Waals surface area (Å²) in [5.41, 5.74) is 0.966. The van der Waals surface area contributed by atoms with Crippen LogP contribution in [0.5, 0.6) is 5.75 Å². The number of aliphatic hydroxyl groups excluding tert-OH is 1. The van der Waals surface area contributed by atoms with Gasteiger partial charge in [0.15, 0.2) is 9.84 Å². The molecule has 3 rings (SSSR count). The van der Waals surface area contributed by atoms with Crippen molar-refractivity contribution in [3.05, 3.63) is 28.2 Å². The van der Waals surface area contributed by atoms with Gasteiger partial charge in [-0.3, -0.25) is 0 Å². The van der Waals surface area contributed by atoms with Crippen molar-refractivity contribution in [3.8, 4) is 5.75 Å². The van der Waals surface area contributed by atoms with Crippen molar-refractivity contribution in [2.45, 2.75) is 37.6 Å². The van der Waals surface area contributed by atoms with Crippen LogP contribution in [0.25, 0.3) is 0 Å². The maximum absolute atomic E-state index is 11.6. The van der Waals surface area contributed by atoms with Gasteiger partial charge in [-0.1, -0.05) is 12.1 Å². The summed E-state index contributed by atoms with van der Waals surface area (Å²) in [7, 11) is -3.21. The van der Waals surface area contributed by atoms with Crippen molar-refractivity contribution in [1.82, 2.24) is 5.32 Å². The van der Waals surface area contributed by atoms with E-state index in [-0.39, 0.29) is 11.5 Å². The van der Waals surface area contributed by atoms with Crippen LogP contribution < -0.4 is 10.1 Å². The molecular weight excluding hydrogens is 358 g/mol. The van der Waals surface area contributed by atoms with E-state index in [4.69, 9.17) is 4.74 Å². The van der Waals surface area contributed by atoms with Crippen LogP contribution in [0.1, 0.15) is 18.4 Å². The van der Waals surface area contributed by atoms with Crippen molar-refractivity contribution in [1.29, 1.82) is 0 Å². The van der Waals surface area contributed by atoms with Crippen LogP contribution in [-0.4, -0.2) is 43.3 Å². The average molecular weight is 376 g/mol. The fraction of sp³-hybridized carbons (Fsp3) is 0.571. The van der Waals surface area contributed by atoms with Gasteiger partial charge in [-0.2, -0.15) is 0 Å². The van der Waals surface area contributed by atoms with E-state index in [1.807, 2.05) is 18.2 Å². The van der Waals surface area contributed by atoms with Gasteiger partial charge in [0.2, 0.25) is 0 Å². The largest absolute Gasteiger partial charge is 0.485 e. The number of ether oxygens (including phenoxy) is 1. The van der Waals surface area contributed by atoms with Crippen LogP contribution in [0, 0.1) is 0 Å². The summed E-state index contributed by atoms with van der Waals surface area (Å²) in [4.78, 5) is 0. The lowest BCUT2D eigenvalue weighted by Crippen LogP contribution is -2.30. The van der Waals surface area contributed by atoms with Gasteiger partial charge in [0, 0.05) is 18.2 Å². The zero-order valence-electron chi connectivity index (χ0n) is 11.5. The first-order valence-electron chi connectivity index (χ1n) is 7.00. The van der Waals surface area contributed by atoms with Gasteiger partial charge in [-0.25, -0.2) is 8.42 Å². The second kappa shape index (κ2) is 5.87.